The zero-order valence-electron chi connectivity index (χ0n) is 13.7. The number of rotatable bonds is 4. The van der Waals surface area contributed by atoms with E-state index in [9.17, 15) is 18.0 Å². The molecule has 3 rings (SSSR count). The molecule has 0 radical (unpaired) electrons. The van der Waals surface area contributed by atoms with Crippen LogP contribution in [0.15, 0.2) is 24.3 Å². The Morgan fingerprint density at radius 1 is 1.31 bits per heavy atom. The SMILES string of the molecule is Nc1nnnn1CC(=O)N1CCC(Oc2cccc(C(F)(F)F)c2)CC1. The zero-order chi connectivity index (χ0) is 18.7. The van der Waals surface area contributed by atoms with E-state index >= 15 is 0 Å². The molecule has 1 aliphatic heterocycles. The van der Waals surface area contributed by atoms with E-state index in [-0.39, 0.29) is 30.3 Å². The van der Waals surface area contributed by atoms with Gasteiger partial charge < -0.3 is 15.4 Å². The molecule has 11 heteroatoms. The van der Waals surface area contributed by atoms with Gasteiger partial charge in [-0.2, -0.15) is 13.2 Å². The molecule has 1 saturated heterocycles. The normalized spacial score (nSPS) is 15.9. The first kappa shape index (κ1) is 18.0. The number of nitrogen functional groups attached to an aromatic ring is 1. The van der Waals surface area contributed by atoms with E-state index in [0.29, 0.717) is 25.9 Å². The van der Waals surface area contributed by atoms with Gasteiger partial charge in [-0.05, 0) is 28.6 Å². The maximum atomic E-state index is 12.7. The van der Waals surface area contributed by atoms with Crippen molar-refractivity contribution in [3.05, 3.63) is 29.8 Å². The minimum atomic E-state index is -4.41. The largest absolute Gasteiger partial charge is 0.490 e. The molecule has 26 heavy (non-hydrogen) atoms. The number of halogens is 3. The molecule has 1 fully saturated rings. The van der Waals surface area contributed by atoms with Gasteiger partial charge in [0, 0.05) is 25.9 Å². The van der Waals surface area contributed by atoms with Crippen LogP contribution in [0.4, 0.5) is 19.1 Å². The molecule has 1 amide bonds. The first-order valence-electron chi connectivity index (χ1n) is 7.96. The number of ether oxygens (including phenoxy) is 1. The van der Waals surface area contributed by atoms with Gasteiger partial charge >= 0.3 is 6.18 Å². The highest BCUT2D eigenvalue weighted by Gasteiger charge is 2.31. The number of benzene rings is 1. The lowest BCUT2D eigenvalue weighted by Gasteiger charge is -2.32. The number of hydrogen-bond donors (Lipinski definition) is 1. The van der Waals surface area contributed by atoms with Crippen molar-refractivity contribution in [1.29, 1.82) is 0 Å². The second kappa shape index (κ2) is 7.18. The number of hydrogen-bond acceptors (Lipinski definition) is 6. The van der Waals surface area contributed by atoms with Crippen molar-refractivity contribution in [2.45, 2.75) is 31.7 Å². The molecule has 0 atom stereocenters. The standard InChI is InChI=1S/C15H17F3N6O2/c16-15(17,18)10-2-1-3-12(8-10)26-11-4-6-23(7-5-11)13(25)9-24-14(19)20-21-22-24/h1-3,8,11H,4-7,9H2,(H2,19,20,22). The van der Waals surface area contributed by atoms with Crippen LogP contribution in [0, 0.1) is 0 Å². The molecule has 1 aliphatic rings. The summed E-state index contributed by atoms with van der Waals surface area (Å²) in [6.07, 6.45) is -3.62. The molecule has 2 aromatic rings. The molecule has 0 bridgehead atoms. The van der Waals surface area contributed by atoms with E-state index in [2.05, 4.69) is 15.5 Å². The number of nitrogens with zero attached hydrogens (tertiary/aromatic N) is 5. The summed E-state index contributed by atoms with van der Waals surface area (Å²) in [5.74, 6) is 0.0497. The molecule has 1 aromatic carbocycles. The molecule has 140 valence electrons. The van der Waals surface area contributed by atoms with Gasteiger partial charge in [-0.25, -0.2) is 4.68 Å². The van der Waals surface area contributed by atoms with Gasteiger partial charge in [0.05, 0.1) is 5.56 Å². The molecule has 0 spiro atoms. The minimum Gasteiger partial charge on any atom is -0.490 e. The van der Waals surface area contributed by atoms with Crippen molar-refractivity contribution < 1.29 is 22.7 Å². The van der Waals surface area contributed by atoms with Crippen molar-refractivity contribution in [2.75, 3.05) is 18.8 Å². The van der Waals surface area contributed by atoms with Gasteiger partial charge in [0.1, 0.15) is 18.4 Å². The fourth-order valence-electron chi connectivity index (χ4n) is 2.71. The molecular formula is C15H17F3N6O2. The van der Waals surface area contributed by atoms with Crippen LogP contribution in [0.3, 0.4) is 0 Å². The third-order valence-corrected chi connectivity index (χ3v) is 4.10. The first-order valence-corrected chi connectivity index (χ1v) is 7.96. The summed E-state index contributed by atoms with van der Waals surface area (Å²) in [6, 6.07) is 4.79. The molecule has 0 saturated carbocycles. The minimum absolute atomic E-state index is 0.0566. The number of piperidine rings is 1. The summed E-state index contributed by atoms with van der Waals surface area (Å²) in [6.45, 7) is 0.812. The topological polar surface area (TPSA) is 99.2 Å². The quantitative estimate of drug-likeness (QED) is 0.872. The highest BCUT2D eigenvalue weighted by molar-refractivity contribution is 5.76. The molecule has 8 nitrogen and oxygen atoms in total. The van der Waals surface area contributed by atoms with Crippen LogP contribution in [-0.4, -0.2) is 50.2 Å². The maximum Gasteiger partial charge on any atom is 0.416 e. The van der Waals surface area contributed by atoms with Crippen LogP contribution < -0.4 is 10.5 Å². The molecular weight excluding hydrogens is 353 g/mol. The molecule has 2 heterocycles. The van der Waals surface area contributed by atoms with Gasteiger partial charge in [0.25, 0.3) is 0 Å². The summed E-state index contributed by atoms with van der Waals surface area (Å²) < 4.78 is 45.1. The molecule has 0 unspecified atom stereocenters. The fraction of sp³-hybridized carbons (Fsp3) is 0.467. The molecule has 0 aliphatic carbocycles. The van der Waals surface area contributed by atoms with Gasteiger partial charge in [-0.1, -0.05) is 11.2 Å². The lowest BCUT2D eigenvalue weighted by atomic mass is 10.1. The number of carbonyl (C=O) groups is 1. The van der Waals surface area contributed by atoms with Crippen LogP contribution in [0.5, 0.6) is 5.75 Å². The number of carbonyl (C=O) groups excluding carboxylic acids is 1. The van der Waals surface area contributed by atoms with E-state index in [4.69, 9.17) is 10.5 Å². The van der Waals surface area contributed by atoms with E-state index in [0.717, 1.165) is 12.1 Å². The molecule has 1 aromatic heterocycles. The Hall–Kier alpha value is -2.85. The third kappa shape index (κ3) is 4.21. The number of aromatic nitrogens is 4. The zero-order valence-corrected chi connectivity index (χ0v) is 13.7. The monoisotopic (exact) mass is 370 g/mol. The maximum absolute atomic E-state index is 12.7. The molecule has 2 N–H and O–H groups in total. The number of anilines is 1. The lowest BCUT2D eigenvalue weighted by Crippen LogP contribution is -2.43. The number of likely N-dealkylation sites (tertiary alicyclic amines) is 1. The summed E-state index contributed by atoms with van der Waals surface area (Å²) in [5, 5.41) is 10.5. The van der Waals surface area contributed by atoms with E-state index in [1.165, 1.54) is 16.8 Å². The Bertz CT molecular complexity index is 771. The highest BCUT2D eigenvalue weighted by Crippen LogP contribution is 2.32. The summed E-state index contributed by atoms with van der Waals surface area (Å²) in [5.41, 5.74) is 4.78. The van der Waals surface area contributed by atoms with Crippen molar-refractivity contribution in [3.63, 3.8) is 0 Å². The Kier molecular flexibility index (Phi) is 4.96. The van der Waals surface area contributed by atoms with Crippen LogP contribution in [0.1, 0.15) is 18.4 Å². The van der Waals surface area contributed by atoms with Gasteiger partial charge in [0.15, 0.2) is 0 Å². The second-order valence-electron chi connectivity index (χ2n) is 5.92. The average Bonchev–Trinajstić information content (AvgIpc) is 3.00. The summed E-state index contributed by atoms with van der Waals surface area (Å²) >= 11 is 0. The second-order valence-corrected chi connectivity index (χ2v) is 5.92. The van der Waals surface area contributed by atoms with E-state index < -0.39 is 11.7 Å². The van der Waals surface area contributed by atoms with Crippen LogP contribution in [-0.2, 0) is 17.5 Å². The van der Waals surface area contributed by atoms with Crippen LogP contribution in [0.25, 0.3) is 0 Å². The van der Waals surface area contributed by atoms with Crippen LogP contribution in [0.2, 0.25) is 0 Å². The average molecular weight is 370 g/mol. The van der Waals surface area contributed by atoms with E-state index in [1.54, 1.807) is 4.90 Å². The van der Waals surface area contributed by atoms with Crippen molar-refractivity contribution >= 4 is 11.9 Å². The predicted octanol–water partition coefficient (Wildman–Crippen LogP) is 1.34. The smallest absolute Gasteiger partial charge is 0.416 e. The third-order valence-electron chi connectivity index (χ3n) is 4.10. The first-order chi connectivity index (χ1) is 12.3. The van der Waals surface area contributed by atoms with Gasteiger partial charge in [-0.3, -0.25) is 4.79 Å². The Morgan fingerprint density at radius 2 is 2.04 bits per heavy atom. The number of nitrogens with two attached hydrogens (primary N) is 1. The lowest BCUT2D eigenvalue weighted by molar-refractivity contribution is -0.138. The van der Waals surface area contributed by atoms with Crippen LogP contribution >= 0.6 is 0 Å². The number of tetrazole rings is 1. The fourth-order valence-corrected chi connectivity index (χ4v) is 2.71. The summed E-state index contributed by atoms with van der Waals surface area (Å²) in [4.78, 5) is 13.9. The van der Waals surface area contributed by atoms with Crippen molar-refractivity contribution in [2.24, 2.45) is 0 Å². The van der Waals surface area contributed by atoms with Crippen molar-refractivity contribution in [1.82, 2.24) is 25.1 Å². The Morgan fingerprint density at radius 3 is 2.65 bits per heavy atom. The highest BCUT2D eigenvalue weighted by atomic mass is 19.4. The number of alkyl halides is 3. The Labute approximate surface area is 146 Å². The Balaban J connectivity index is 1.52. The van der Waals surface area contributed by atoms with Gasteiger partial charge in [0.2, 0.25) is 11.9 Å². The summed E-state index contributed by atoms with van der Waals surface area (Å²) in [7, 11) is 0. The number of amides is 1. The van der Waals surface area contributed by atoms with Crippen molar-refractivity contribution in [3.8, 4) is 5.75 Å². The van der Waals surface area contributed by atoms with Gasteiger partial charge in [-0.15, -0.1) is 0 Å². The van der Waals surface area contributed by atoms with E-state index in [1.807, 2.05) is 0 Å². The predicted molar refractivity (Wildman–Crippen MR) is 83.9 cm³/mol.